The van der Waals surface area contributed by atoms with Crippen molar-refractivity contribution in [2.24, 2.45) is 11.5 Å². The van der Waals surface area contributed by atoms with E-state index in [0.717, 1.165) is 5.39 Å². The van der Waals surface area contributed by atoms with Gasteiger partial charge in [-0.15, -0.1) is 12.4 Å². The Labute approximate surface area is 152 Å². The molecule has 0 radical (unpaired) electrons. The Balaban J connectivity index is 0.00000134. The van der Waals surface area contributed by atoms with Crippen molar-refractivity contribution in [3.05, 3.63) is 12.1 Å². The van der Waals surface area contributed by atoms with Crippen LogP contribution >= 0.6 is 12.4 Å². The molecule has 25 heavy (non-hydrogen) atoms. The third-order valence-corrected chi connectivity index (χ3v) is 3.12. The summed E-state index contributed by atoms with van der Waals surface area (Å²) in [7, 11) is 5.04. The van der Waals surface area contributed by atoms with Crippen molar-refractivity contribution in [3.63, 3.8) is 0 Å². The number of halogens is 1. The van der Waals surface area contributed by atoms with Gasteiger partial charge in [0.2, 0.25) is 12.4 Å². The summed E-state index contributed by atoms with van der Waals surface area (Å²) < 4.78 is 10.6. The Kier molecular flexibility index (Phi) is 9.32. The number of hydrogen-bond donors (Lipinski definition) is 3. The van der Waals surface area contributed by atoms with Gasteiger partial charge in [0.1, 0.15) is 5.82 Å². The number of likely N-dealkylation sites (N-methyl/N-ethyl adjacent to an activating group) is 1. The first-order valence-corrected chi connectivity index (χ1v) is 7.19. The lowest BCUT2D eigenvalue weighted by Gasteiger charge is -2.20. The van der Waals surface area contributed by atoms with Gasteiger partial charge in [0.25, 0.3) is 0 Å². The normalized spacial score (nSPS) is 10.8. The maximum absolute atomic E-state index is 8.58. The molecule has 1 aromatic carbocycles. The fourth-order valence-corrected chi connectivity index (χ4v) is 2.15. The van der Waals surface area contributed by atoms with Crippen molar-refractivity contribution in [2.45, 2.75) is 13.0 Å². The summed E-state index contributed by atoms with van der Waals surface area (Å²) in [6.07, 6.45) is 0.250. The molecular formula is C15H25ClN6O3. The fraction of sp³-hybridized carbons (Fsp3) is 0.400. The number of anilines is 2. The number of hydrogen-bond acceptors (Lipinski definition) is 8. The molecule has 0 spiro atoms. The summed E-state index contributed by atoms with van der Waals surface area (Å²) in [6.45, 7) is 2.56. The fourth-order valence-electron chi connectivity index (χ4n) is 2.15. The molecule has 0 aliphatic carbocycles. The van der Waals surface area contributed by atoms with Gasteiger partial charge in [0.05, 0.1) is 19.7 Å². The quantitative estimate of drug-likeness (QED) is 0.645. The van der Waals surface area contributed by atoms with Crippen molar-refractivity contribution in [2.75, 3.05) is 38.4 Å². The van der Waals surface area contributed by atoms with Gasteiger partial charge in [-0.3, -0.25) is 4.79 Å². The molecule has 0 bridgehead atoms. The van der Waals surface area contributed by atoms with Crippen molar-refractivity contribution in [3.8, 4) is 11.5 Å². The first kappa shape index (κ1) is 22.5. The van der Waals surface area contributed by atoms with Crippen LogP contribution in [0.3, 0.4) is 0 Å². The molecule has 1 atom stereocenters. The zero-order chi connectivity index (χ0) is 18.3. The number of nitrogens with two attached hydrogens (primary N) is 3. The van der Waals surface area contributed by atoms with E-state index in [9.17, 15) is 0 Å². The number of carbonyl (C=O) groups is 1. The van der Waals surface area contributed by atoms with Crippen LogP contribution in [0.4, 0.5) is 11.8 Å². The van der Waals surface area contributed by atoms with Crippen LogP contribution < -0.4 is 31.6 Å². The van der Waals surface area contributed by atoms with Crippen molar-refractivity contribution in [1.82, 2.24) is 9.97 Å². The molecule has 140 valence electrons. The summed E-state index contributed by atoms with van der Waals surface area (Å²) in [6, 6.07) is 3.58. The largest absolute Gasteiger partial charge is 0.493 e. The molecule has 1 aromatic heterocycles. The molecule has 1 unspecified atom stereocenters. The second-order valence-electron chi connectivity index (χ2n) is 5.13. The average Bonchev–Trinajstić information content (AvgIpc) is 2.53. The highest BCUT2D eigenvalue weighted by molar-refractivity contribution is 5.91. The van der Waals surface area contributed by atoms with E-state index in [-0.39, 0.29) is 24.9 Å². The van der Waals surface area contributed by atoms with Gasteiger partial charge in [-0.25, -0.2) is 4.98 Å². The average molecular weight is 373 g/mol. The summed E-state index contributed by atoms with van der Waals surface area (Å²) in [5, 5.41) is 0.727. The van der Waals surface area contributed by atoms with E-state index >= 15 is 0 Å². The number of nitrogen functional groups attached to an aromatic ring is 1. The molecule has 9 nitrogen and oxygen atoms in total. The number of rotatable bonds is 5. The molecule has 10 heteroatoms. The first-order valence-electron chi connectivity index (χ1n) is 7.19. The van der Waals surface area contributed by atoms with Gasteiger partial charge < -0.3 is 31.6 Å². The molecule has 6 N–H and O–H groups in total. The van der Waals surface area contributed by atoms with E-state index in [0.29, 0.717) is 35.3 Å². The Morgan fingerprint density at radius 1 is 1.24 bits per heavy atom. The number of fused-ring (bicyclic) bond motifs is 1. The number of nitrogens with zero attached hydrogens (tertiary/aromatic N) is 3. The third kappa shape index (κ3) is 5.80. The Morgan fingerprint density at radius 3 is 2.24 bits per heavy atom. The number of aromatic nitrogens is 2. The zero-order valence-electron chi connectivity index (χ0n) is 14.7. The molecule has 0 saturated carbocycles. The molecule has 1 amide bonds. The summed E-state index contributed by atoms with van der Waals surface area (Å²) >= 11 is 0. The van der Waals surface area contributed by atoms with Gasteiger partial charge in [0.15, 0.2) is 11.5 Å². The standard InChI is InChI=1S/C14H21N5O2.CH3NO.ClH/c1-8(15)7-19(2)14-17-10-6-12(21-4)11(20-3)5-9(10)13(16)18-14;2-1-3;/h5-6,8H,7,15H2,1-4H3,(H2,16,17,18);1H,(H2,2,3);1H. The maximum atomic E-state index is 8.58. The number of primary amides is 1. The van der Waals surface area contributed by atoms with Crippen LogP contribution in [0.2, 0.25) is 0 Å². The van der Waals surface area contributed by atoms with Crippen molar-refractivity contribution in [1.29, 1.82) is 0 Å². The molecule has 0 aliphatic heterocycles. The van der Waals surface area contributed by atoms with Crippen LogP contribution in [0.25, 0.3) is 10.9 Å². The maximum Gasteiger partial charge on any atom is 0.227 e. The minimum Gasteiger partial charge on any atom is -0.493 e. The minimum absolute atomic E-state index is 0. The first-order chi connectivity index (χ1) is 11.4. The number of carbonyl (C=O) groups excluding carboxylic acids is 1. The van der Waals surface area contributed by atoms with Gasteiger partial charge in [0, 0.05) is 31.1 Å². The second-order valence-corrected chi connectivity index (χ2v) is 5.13. The van der Waals surface area contributed by atoms with Crippen LogP contribution in [-0.2, 0) is 4.79 Å². The van der Waals surface area contributed by atoms with E-state index in [1.807, 2.05) is 18.9 Å². The highest BCUT2D eigenvalue weighted by Crippen LogP contribution is 2.33. The zero-order valence-corrected chi connectivity index (χ0v) is 15.5. The highest BCUT2D eigenvalue weighted by Gasteiger charge is 2.14. The lowest BCUT2D eigenvalue weighted by Crippen LogP contribution is -2.33. The molecule has 0 saturated heterocycles. The molecule has 0 fully saturated rings. The Morgan fingerprint density at radius 2 is 1.76 bits per heavy atom. The van der Waals surface area contributed by atoms with E-state index in [2.05, 4.69) is 15.7 Å². The molecule has 2 aromatic rings. The smallest absolute Gasteiger partial charge is 0.227 e. The van der Waals surface area contributed by atoms with Crippen LogP contribution in [-0.4, -0.2) is 50.2 Å². The lowest BCUT2D eigenvalue weighted by molar-refractivity contribution is -0.106. The van der Waals surface area contributed by atoms with E-state index < -0.39 is 0 Å². The Bertz CT molecular complexity index is 699. The van der Waals surface area contributed by atoms with Crippen LogP contribution in [0.1, 0.15) is 6.92 Å². The van der Waals surface area contributed by atoms with Gasteiger partial charge in [-0.05, 0) is 13.0 Å². The summed E-state index contributed by atoms with van der Waals surface area (Å²) in [5.74, 6) is 2.12. The topological polar surface area (TPSA) is 143 Å². The van der Waals surface area contributed by atoms with Crippen LogP contribution in [0, 0.1) is 0 Å². The minimum atomic E-state index is 0. The monoisotopic (exact) mass is 372 g/mol. The highest BCUT2D eigenvalue weighted by atomic mass is 35.5. The molecule has 2 rings (SSSR count). The number of benzene rings is 1. The van der Waals surface area contributed by atoms with Gasteiger partial charge in [-0.2, -0.15) is 4.98 Å². The molecule has 1 heterocycles. The number of ether oxygens (including phenoxy) is 2. The van der Waals surface area contributed by atoms with Crippen molar-refractivity contribution < 1.29 is 14.3 Å². The lowest BCUT2D eigenvalue weighted by atomic mass is 10.2. The van der Waals surface area contributed by atoms with Crippen molar-refractivity contribution >= 4 is 41.5 Å². The van der Waals surface area contributed by atoms with E-state index in [1.165, 1.54) is 0 Å². The predicted octanol–water partition coefficient (Wildman–Crippen LogP) is 0.536. The third-order valence-electron chi connectivity index (χ3n) is 3.12. The summed E-state index contributed by atoms with van der Waals surface area (Å²) in [4.78, 5) is 19.3. The second kappa shape index (κ2) is 10.4. The number of methoxy groups -OCH3 is 2. The van der Waals surface area contributed by atoms with E-state index in [4.69, 9.17) is 25.7 Å². The summed E-state index contributed by atoms with van der Waals surface area (Å²) in [5.41, 5.74) is 16.7. The van der Waals surface area contributed by atoms with Gasteiger partial charge in [-0.1, -0.05) is 0 Å². The Hall–Kier alpha value is -2.52. The van der Waals surface area contributed by atoms with Crippen LogP contribution in [0.15, 0.2) is 12.1 Å². The van der Waals surface area contributed by atoms with Crippen LogP contribution in [0.5, 0.6) is 11.5 Å². The number of amides is 1. The SMILES string of the molecule is COc1cc2nc(N(C)CC(C)N)nc(N)c2cc1OC.Cl.NC=O. The predicted molar refractivity (Wildman–Crippen MR) is 101 cm³/mol. The molecular weight excluding hydrogens is 348 g/mol. The van der Waals surface area contributed by atoms with E-state index in [1.54, 1.807) is 26.4 Å². The molecule has 0 aliphatic rings. The van der Waals surface area contributed by atoms with Gasteiger partial charge >= 0.3 is 0 Å².